The molecule has 0 spiro atoms. The highest BCUT2D eigenvalue weighted by atomic mass is 16.5. The van der Waals surface area contributed by atoms with Gasteiger partial charge in [0.15, 0.2) is 0 Å². The normalized spacial score (nSPS) is 14.4. The van der Waals surface area contributed by atoms with Gasteiger partial charge in [-0.25, -0.2) is 4.79 Å². The molecule has 0 atom stereocenters. The van der Waals surface area contributed by atoms with Gasteiger partial charge in [-0.2, -0.15) is 5.26 Å². The van der Waals surface area contributed by atoms with Crippen LogP contribution < -0.4 is 5.32 Å². The number of hydrogen-bond donors (Lipinski definition) is 1. The van der Waals surface area contributed by atoms with Crippen molar-refractivity contribution in [3.8, 4) is 6.07 Å². The molecule has 2 amide bonds. The smallest absolute Gasteiger partial charge is 0.322 e. The Bertz CT molecular complexity index is 633. The second-order valence-corrected chi connectivity index (χ2v) is 6.16. The minimum atomic E-state index is -0.289. The Balaban J connectivity index is 2.05. The predicted molar refractivity (Wildman–Crippen MR) is 95.0 cm³/mol. The molecule has 1 saturated carbocycles. The number of amides is 2. The molecule has 1 aromatic rings. The largest absolute Gasteiger partial charge is 0.466 e. The molecule has 1 aromatic carbocycles. The van der Waals surface area contributed by atoms with Crippen molar-refractivity contribution in [3.05, 3.63) is 29.8 Å². The van der Waals surface area contributed by atoms with Gasteiger partial charge in [0.05, 0.1) is 24.7 Å². The molecule has 1 aliphatic carbocycles. The molecule has 6 heteroatoms. The van der Waals surface area contributed by atoms with Gasteiger partial charge >= 0.3 is 12.0 Å². The van der Waals surface area contributed by atoms with Crippen LogP contribution in [0.2, 0.25) is 0 Å². The van der Waals surface area contributed by atoms with Crippen molar-refractivity contribution in [1.82, 2.24) is 4.90 Å². The van der Waals surface area contributed by atoms with Crippen molar-refractivity contribution in [2.24, 2.45) is 0 Å². The maximum atomic E-state index is 12.8. The number of nitrogens with one attached hydrogen (secondary N) is 1. The van der Waals surface area contributed by atoms with E-state index in [4.69, 9.17) is 10.00 Å². The van der Waals surface area contributed by atoms with Gasteiger partial charge in [0, 0.05) is 18.3 Å². The average Bonchev–Trinajstić information content (AvgIpc) is 2.63. The molecule has 25 heavy (non-hydrogen) atoms. The van der Waals surface area contributed by atoms with Crippen molar-refractivity contribution in [2.75, 3.05) is 18.5 Å². The van der Waals surface area contributed by atoms with E-state index in [2.05, 4.69) is 11.4 Å². The van der Waals surface area contributed by atoms with Crippen LogP contribution in [0, 0.1) is 11.3 Å². The van der Waals surface area contributed by atoms with E-state index in [1.807, 2.05) is 0 Å². The van der Waals surface area contributed by atoms with Crippen LogP contribution in [0.25, 0.3) is 0 Å². The van der Waals surface area contributed by atoms with Crippen LogP contribution in [0.1, 0.15) is 51.0 Å². The fourth-order valence-corrected chi connectivity index (χ4v) is 3.15. The highest BCUT2D eigenvalue weighted by Crippen LogP contribution is 2.24. The predicted octanol–water partition coefficient (Wildman–Crippen LogP) is 3.68. The van der Waals surface area contributed by atoms with E-state index in [-0.39, 0.29) is 24.5 Å². The molecular formula is C19H25N3O3. The van der Waals surface area contributed by atoms with E-state index >= 15 is 0 Å². The lowest BCUT2D eigenvalue weighted by molar-refractivity contribution is -0.143. The molecule has 2 rings (SSSR count). The second-order valence-electron chi connectivity index (χ2n) is 6.16. The van der Waals surface area contributed by atoms with E-state index in [9.17, 15) is 9.59 Å². The summed E-state index contributed by atoms with van der Waals surface area (Å²) in [5.74, 6) is -0.289. The van der Waals surface area contributed by atoms with Crippen LogP contribution in [0.3, 0.4) is 0 Å². The van der Waals surface area contributed by atoms with Crippen LogP contribution >= 0.6 is 0 Å². The van der Waals surface area contributed by atoms with Gasteiger partial charge in [0.25, 0.3) is 0 Å². The summed E-state index contributed by atoms with van der Waals surface area (Å²) in [5.41, 5.74) is 1.08. The van der Waals surface area contributed by atoms with Crippen LogP contribution in [0.15, 0.2) is 24.3 Å². The summed E-state index contributed by atoms with van der Waals surface area (Å²) < 4.78 is 4.97. The lowest BCUT2D eigenvalue weighted by atomic mass is 9.94. The zero-order valence-corrected chi connectivity index (χ0v) is 14.7. The lowest BCUT2D eigenvalue weighted by Gasteiger charge is -2.34. The zero-order valence-electron chi connectivity index (χ0n) is 14.7. The van der Waals surface area contributed by atoms with Gasteiger partial charge in [0.1, 0.15) is 0 Å². The summed E-state index contributed by atoms with van der Waals surface area (Å²) in [6.45, 7) is 2.45. The van der Waals surface area contributed by atoms with Gasteiger partial charge in [0.2, 0.25) is 0 Å². The number of nitriles is 1. The molecule has 0 aromatic heterocycles. The third-order valence-electron chi connectivity index (χ3n) is 4.38. The van der Waals surface area contributed by atoms with Gasteiger partial charge in [-0.3, -0.25) is 4.79 Å². The molecule has 0 aliphatic heterocycles. The molecular weight excluding hydrogens is 318 g/mol. The Kier molecular flexibility index (Phi) is 7.27. The number of ether oxygens (including phenoxy) is 1. The first kappa shape index (κ1) is 18.8. The Morgan fingerprint density at radius 3 is 2.76 bits per heavy atom. The van der Waals surface area contributed by atoms with E-state index in [1.54, 1.807) is 36.1 Å². The summed E-state index contributed by atoms with van der Waals surface area (Å²) in [6, 6.07) is 8.79. The molecule has 6 nitrogen and oxygen atoms in total. The number of urea groups is 1. The topological polar surface area (TPSA) is 82.4 Å². The number of benzene rings is 1. The third-order valence-corrected chi connectivity index (χ3v) is 4.38. The number of anilines is 1. The zero-order chi connectivity index (χ0) is 18.1. The van der Waals surface area contributed by atoms with Crippen LogP contribution in [0.4, 0.5) is 10.5 Å². The van der Waals surface area contributed by atoms with Crippen molar-refractivity contribution >= 4 is 17.7 Å². The number of esters is 1. The third kappa shape index (κ3) is 5.79. The SMILES string of the molecule is CCOC(=O)CCN(C(=O)Nc1cccc(C#N)c1)C1CCCCC1. The molecule has 1 aliphatic rings. The van der Waals surface area contributed by atoms with Crippen molar-refractivity contribution in [1.29, 1.82) is 5.26 Å². The molecule has 0 heterocycles. The summed E-state index contributed by atoms with van der Waals surface area (Å²) in [4.78, 5) is 26.2. The molecule has 0 unspecified atom stereocenters. The van der Waals surface area contributed by atoms with Crippen molar-refractivity contribution in [3.63, 3.8) is 0 Å². The highest BCUT2D eigenvalue weighted by Gasteiger charge is 2.26. The van der Waals surface area contributed by atoms with Gasteiger partial charge in [-0.1, -0.05) is 25.3 Å². The van der Waals surface area contributed by atoms with Gasteiger partial charge < -0.3 is 15.0 Å². The number of nitrogens with zero attached hydrogens (tertiary/aromatic N) is 2. The summed E-state index contributed by atoms with van der Waals surface area (Å²) >= 11 is 0. The standard InChI is InChI=1S/C19H25N3O3/c1-2-25-18(23)11-12-22(17-9-4-3-5-10-17)19(24)21-16-8-6-7-15(13-16)14-20/h6-8,13,17H,2-5,9-12H2,1H3,(H,21,24). The Morgan fingerprint density at radius 1 is 1.32 bits per heavy atom. The maximum Gasteiger partial charge on any atom is 0.322 e. The van der Waals surface area contributed by atoms with E-state index < -0.39 is 0 Å². The molecule has 134 valence electrons. The van der Waals surface area contributed by atoms with Crippen molar-refractivity contribution < 1.29 is 14.3 Å². The first-order valence-corrected chi connectivity index (χ1v) is 8.87. The Labute approximate surface area is 148 Å². The fourth-order valence-electron chi connectivity index (χ4n) is 3.15. The Hall–Kier alpha value is -2.55. The van der Waals surface area contributed by atoms with E-state index in [0.717, 1.165) is 25.7 Å². The van der Waals surface area contributed by atoms with Gasteiger partial charge in [-0.05, 0) is 38.0 Å². The number of carbonyl (C=O) groups is 2. The quantitative estimate of drug-likeness (QED) is 0.799. The minimum absolute atomic E-state index is 0.141. The first-order valence-electron chi connectivity index (χ1n) is 8.87. The van der Waals surface area contributed by atoms with Crippen molar-refractivity contribution in [2.45, 2.75) is 51.5 Å². The molecule has 0 saturated heterocycles. The summed E-state index contributed by atoms with van der Waals surface area (Å²) in [6.07, 6.45) is 5.47. The van der Waals surface area contributed by atoms with Crippen LogP contribution in [0.5, 0.6) is 0 Å². The first-order chi connectivity index (χ1) is 12.1. The molecule has 1 fully saturated rings. The number of carbonyl (C=O) groups excluding carboxylic acids is 2. The fraction of sp³-hybridized carbons (Fsp3) is 0.526. The average molecular weight is 343 g/mol. The minimum Gasteiger partial charge on any atom is -0.466 e. The van der Waals surface area contributed by atoms with Crippen LogP contribution in [-0.2, 0) is 9.53 Å². The molecule has 0 bridgehead atoms. The monoisotopic (exact) mass is 343 g/mol. The molecule has 1 N–H and O–H groups in total. The Morgan fingerprint density at radius 2 is 2.08 bits per heavy atom. The van der Waals surface area contributed by atoms with Crippen LogP contribution in [-0.4, -0.2) is 36.1 Å². The van der Waals surface area contributed by atoms with Gasteiger partial charge in [-0.15, -0.1) is 0 Å². The number of rotatable bonds is 6. The van der Waals surface area contributed by atoms with E-state index in [1.165, 1.54) is 6.42 Å². The maximum absolute atomic E-state index is 12.8. The lowest BCUT2D eigenvalue weighted by Crippen LogP contribution is -2.45. The molecule has 0 radical (unpaired) electrons. The summed E-state index contributed by atoms with van der Waals surface area (Å²) in [7, 11) is 0. The second kappa shape index (κ2) is 9.67. The number of hydrogen-bond acceptors (Lipinski definition) is 4. The highest BCUT2D eigenvalue weighted by molar-refractivity contribution is 5.90. The van der Waals surface area contributed by atoms with E-state index in [0.29, 0.717) is 24.4 Å². The summed E-state index contributed by atoms with van der Waals surface area (Å²) in [5, 5.41) is 11.8.